The molecule has 8 rings (SSSR count). The minimum Gasteiger partial charge on any atom is -0.476 e. The van der Waals surface area contributed by atoms with Crippen LogP contribution < -0.4 is 22.3 Å². The normalized spacial score (nSPS) is 15.5. The molecule has 0 radical (unpaired) electrons. The Balaban J connectivity index is 0.000000216. The fourth-order valence-corrected chi connectivity index (χ4v) is 8.47. The molecule has 2 aromatic carbocycles. The number of amides is 4. The van der Waals surface area contributed by atoms with E-state index in [1.54, 1.807) is 115 Å². The Morgan fingerprint density at radius 2 is 0.932 bits per heavy atom. The van der Waals surface area contributed by atoms with Crippen molar-refractivity contribution in [3.8, 4) is 22.5 Å². The SMILES string of the molecule is Cc1ccnc(NC(=O)c2ccc(-c3nc([C@@H]4CCCN4C(=O)OC(C)(C)C)n(N)c3C(=O)O)cc2)c1.Cc1ccnc(NC(=O)c2ccc(-c3nc([C@@H]4CCCN4C(=O)OC(C)(C)C)n(N)c3C(=O)O)cc2)c1. The number of likely N-dealkylation sites (tertiary alicyclic amines) is 2. The molecule has 0 aliphatic carbocycles. The number of ether oxygens (including phenoxy) is 2. The molecule has 2 fully saturated rings. The first kappa shape index (κ1) is 53.0. The average molecular weight is 1010 g/mol. The van der Waals surface area contributed by atoms with Gasteiger partial charge in [0.05, 0.1) is 12.1 Å². The second-order valence-electron chi connectivity index (χ2n) is 19.8. The largest absolute Gasteiger partial charge is 0.476 e. The Kier molecular flexibility index (Phi) is 15.4. The molecule has 6 aromatic rings. The molecule has 2 aliphatic heterocycles. The number of nitrogens with zero attached hydrogens (tertiary/aromatic N) is 8. The Hall–Kier alpha value is -8.82. The van der Waals surface area contributed by atoms with Crippen molar-refractivity contribution in [2.75, 3.05) is 35.4 Å². The summed E-state index contributed by atoms with van der Waals surface area (Å²) in [6.45, 7) is 15.4. The van der Waals surface area contributed by atoms with Crippen molar-refractivity contribution < 1.29 is 48.5 Å². The first-order valence-electron chi connectivity index (χ1n) is 23.8. The minimum absolute atomic E-state index is 0.147. The Labute approximate surface area is 426 Å². The van der Waals surface area contributed by atoms with Gasteiger partial charge in [0.1, 0.15) is 34.2 Å². The van der Waals surface area contributed by atoms with E-state index in [-0.39, 0.29) is 46.2 Å². The molecule has 22 heteroatoms. The number of hydrogen-bond acceptors (Lipinski definition) is 14. The summed E-state index contributed by atoms with van der Waals surface area (Å²) in [5.74, 6) is 10.6. The number of aromatic nitrogens is 6. The monoisotopic (exact) mass is 1010 g/mol. The zero-order chi connectivity index (χ0) is 53.8. The molecule has 22 nitrogen and oxygen atoms in total. The summed E-state index contributed by atoms with van der Waals surface area (Å²) in [7, 11) is 0. The highest BCUT2D eigenvalue weighted by Gasteiger charge is 2.39. The van der Waals surface area contributed by atoms with Crippen LogP contribution in [-0.2, 0) is 9.47 Å². The van der Waals surface area contributed by atoms with E-state index in [2.05, 4.69) is 30.6 Å². The van der Waals surface area contributed by atoms with Gasteiger partial charge in [-0.25, -0.2) is 48.5 Å². The number of anilines is 2. The number of hydrogen-bond donors (Lipinski definition) is 6. The third kappa shape index (κ3) is 12.3. The molecule has 6 heterocycles. The highest BCUT2D eigenvalue weighted by Crippen LogP contribution is 2.37. The zero-order valence-corrected chi connectivity index (χ0v) is 42.4. The smallest absolute Gasteiger partial charge is 0.410 e. The van der Waals surface area contributed by atoms with Crippen molar-refractivity contribution in [2.24, 2.45) is 0 Å². The quantitative estimate of drug-likeness (QED) is 0.0709. The van der Waals surface area contributed by atoms with Crippen LogP contribution in [0.2, 0.25) is 0 Å². The van der Waals surface area contributed by atoms with Crippen molar-refractivity contribution in [2.45, 2.75) is 104 Å². The maximum atomic E-state index is 12.8. The molecule has 0 saturated carbocycles. The Morgan fingerprint density at radius 1 is 0.581 bits per heavy atom. The average Bonchev–Trinajstić information content (AvgIpc) is 4.14. The van der Waals surface area contributed by atoms with Crippen molar-refractivity contribution in [1.82, 2.24) is 39.1 Å². The summed E-state index contributed by atoms with van der Waals surface area (Å²) >= 11 is 0. The first-order chi connectivity index (χ1) is 34.9. The molecule has 2 saturated heterocycles. The van der Waals surface area contributed by atoms with Gasteiger partial charge in [-0.3, -0.25) is 19.4 Å². The van der Waals surface area contributed by atoms with Crippen LogP contribution in [0, 0.1) is 13.8 Å². The summed E-state index contributed by atoms with van der Waals surface area (Å²) in [6.07, 6.45) is 4.75. The number of aromatic carboxylic acids is 2. The molecule has 0 unspecified atom stereocenters. The summed E-state index contributed by atoms with van der Waals surface area (Å²) in [6, 6.07) is 18.8. The summed E-state index contributed by atoms with van der Waals surface area (Å²) in [5, 5.41) is 25.3. The number of pyridine rings is 2. The number of benzene rings is 2. The standard InChI is InChI=1S/2C26H30N6O5/c2*1-15-11-12-28-19(14-15)29-23(33)17-9-7-16(8-10-17)20-21(24(34)35)32(27)22(30-20)18-6-5-13-31(18)25(36)37-26(2,3)4/h2*7-12,14,18H,5-6,13,27H2,1-4H3,(H,34,35)(H,28,29,33)/t2*18-/m00/s1. The van der Waals surface area contributed by atoms with Gasteiger partial charge in [0, 0.05) is 47.7 Å². The van der Waals surface area contributed by atoms with E-state index in [4.69, 9.17) is 21.2 Å². The molecule has 4 amide bonds. The van der Waals surface area contributed by atoms with Gasteiger partial charge >= 0.3 is 24.1 Å². The molecule has 0 bridgehead atoms. The molecule has 2 atom stereocenters. The number of aryl methyl sites for hydroxylation is 2. The minimum atomic E-state index is -1.26. The van der Waals surface area contributed by atoms with Crippen molar-refractivity contribution in [1.29, 1.82) is 0 Å². The molecular formula is C52H60N12O10. The third-order valence-electron chi connectivity index (χ3n) is 11.8. The van der Waals surface area contributed by atoms with Crippen molar-refractivity contribution >= 4 is 47.6 Å². The highest BCUT2D eigenvalue weighted by molar-refractivity contribution is 6.05. The highest BCUT2D eigenvalue weighted by atomic mass is 16.6. The van der Waals surface area contributed by atoms with Gasteiger partial charge in [0.15, 0.2) is 23.0 Å². The lowest BCUT2D eigenvalue weighted by Gasteiger charge is -2.28. The van der Waals surface area contributed by atoms with Gasteiger partial charge in [-0.2, -0.15) is 0 Å². The van der Waals surface area contributed by atoms with Crippen LogP contribution in [0.4, 0.5) is 21.2 Å². The number of nitrogens with two attached hydrogens (primary N) is 2. The molecule has 4 aromatic heterocycles. The number of nitrogens with one attached hydrogen (secondary N) is 2. The fourth-order valence-electron chi connectivity index (χ4n) is 8.47. The lowest BCUT2D eigenvalue weighted by Crippen LogP contribution is -2.37. The number of imidazole rings is 2. The van der Waals surface area contributed by atoms with Crippen molar-refractivity contribution in [3.63, 3.8) is 0 Å². The molecule has 8 N–H and O–H groups in total. The summed E-state index contributed by atoms with van der Waals surface area (Å²) in [4.78, 5) is 95.5. The third-order valence-corrected chi connectivity index (χ3v) is 11.8. The Morgan fingerprint density at radius 3 is 1.24 bits per heavy atom. The fraction of sp³-hybridized carbons (Fsp3) is 0.346. The second kappa shape index (κ2) is 21.5. The Bertz CT molecular complexity index is 2890. The van der Waals surface area contributed by atoms with Crippen LogP contribution in [0.3, 0.4) is 0 Å². The van der Waals surface area contributed by atoms with Gasteiger partial charge in [-0.15, -0.1) is 0 Å². The second-order valence-corrected chi connectivity index (χ2v) is 19.8. The van der Waals surface area contributed by atoms with Crippen LogP contribution in [0.25, 0.3) is 22.5 Å². The van der Waals surface area contributed by atoms with Gasteiger partial charge in [-0.05, 0) is 141 Å². The van der Waals surface area contributed by atoms with Gasteiger partial charge in [0.2, 0.25) is 0 Å². The van der Waals surface area contributed by atoms with E-state index in [0.717, 1.165) is 20.5 Å². The number of carboxylic acids is 2. The maximum absolute atomic E-state index is 12.8. The molecular weight excluding hydrogens is 953 g/mol. The van der Waals surface area contributed by atoms with E-state index in [1.807, 2.05) is 26.0 Å². The lowest BCUT2D eigenvalue weighted by molar-refractivity contribution is 0.0206. The van der Waals surface area contributed by atoms with E-state index in [0.29, 0.717) is 72.7 Å². The van der Waals surface area contributed by atoms with E-state index in [1.165, 1.54) is 9.80 Å². The van der Waals surface area contributed by atoms with Crippen LogP contribution in [-0.4, -0.2) is 110 Å². The van der Waals surface area contributed by atoms with Crippen LogP contribution in [0.1, 0.15) is 144 Å². The molecule has 2 aliphatic rings. The number of carbonyl (C=O) groups excluding carboxylic acids is 4. The maximum Gasteiger partial charge on any atom is 0.410 e. The topological polar surface area (TPSA) is 305 Å². The van der Waals surface area contributed by atoms with Crippen LogP contribution in [0.15, 0.2) is 85.2 Å². The number of carboxylic acid groups (broad SMARTS) is 2. The lowest BCUT2D eigenvalue weighted by atomic mass is 10.1. The summed E-state index contributed by atoms with van der Waals surface area (Å²) in [5.41, 5.74) is 2.09. The van der Waals surface area contributed by atoms with E-state index < -0.39 is 47.4 Å². The van der Waals surface area contributed by atoms with E-state index in [9.17, 15) is 39.0 Å². The molecule has 0 spiro atoms. The molecule has 74 heavy (non-hydrogen) atoms. The van der Waals surface area contributed by atoms with Gasteiger partial charge < -0.3 is 42.0 Å². The predicted molar refractivity (Wildman–Crippen MR) is 273 cm³/mol. The summed E-state index contributed by atoms with van der Waals surface area (Å²) < 4.78 is 13.1. The number of nitrogen functional groups attached to an aromatic ring is 2. The number of carbonyl (C=O) groups is 6. The number of rotatable bonds is 10. The van der Waals surface area contributed by atoms with Gasteiger partial charge in [-0.1, -0.05) is 24.3 Å². The van der Waals surface area contributed by atoms with Crippen LogP contribution in [0.5, 0.6) is 0 Å². The van der Waals surface area contributed by atoms with Gasteiger partial charge in [0.25, 0.3) is 11.8 Å². The van der Waals surface area contributed by atoms with E-state index >= 15 is 0 Å². The van der Waals surface area contributed by atoms with Crippen LogP contribution >= 0.6 is 0 Å². The predicted octanol–water partition coefficient (Wildman–Crippen LogP) is 7.98. The molecule has 388 valence electrons. The van der Waals surface area contributed by atoms with Crippen molar-refractivity contribution in [3.05, 3.63) is 130 Å². The first-order valence-corrected chi connectivity index (χ1v) is 23.8. The zero-order valence-electron chi connectivity index (χ0n) is 42.4.